The van der Waals surface area contributed by atoms with Crippen molar-refractivity contribution in [1.82, 2.24) is 25.6 Å². The van der Waals surface area contributed by atoms with Crippen molar-refractivity contribution in [3.63, 3.8) is 0 Å². The molecule has 4 rings (SSSR count). The van der Waals surface area contributed by atoms with Crippen molar-refractivity contribution in [2.45, 2.75) is 33.0 Å². The van der Waals surface area contributed by atoms with Crippen LogP contribution >= 0.6 is 0 Å². The first kappa shape index (κ1) is 16.5. The molecule has 1 aliphatic heterocycles. The Hall–Kier alpha value is -2.99. The molecule has 0 aliphatic carbocycles. The van der Waals surface area contributed by atoms with E-state index in [1.165, 1.54) is 11.1 Å². The Morgan fingerprint density at radius 3 is 2.81 bits per heavy atom. The monoisotopic (exact) mass is 347 g/mol. The van der Waals surface area contributed by atoms with Crippen LogP contribution in [0, 0.1) is 6.92 Å². The molecule has 1 aliphatic rings. The van der Waals surface area contributed by atoms with Crippen LogP contribution in [0.5, 0.6) is 0 Å². The van der Waals surface area contributed by atoms with Gasteiger partial charge in [-0.2, -0.15) is 0 Å². The molecule has 26 heavy (non-hydrogen) atoms. The van der Waals surface area contributed by atoms with Gasteiger partial charge in [0.05, 0.1) is 23.5 Å². The van der Waals surface area contributed by atoms with Crippen LogP contribution < -0.4 is 10.6 Å². The SMILES string of the molecule is Cc1c(CC(=O)NCc2ccc3c(c2)CNC3)nnn1-c1ccccc1. The van der Waals surface area contributed by atoms with Crippen LogP contribution in [-0.2, 0) is 30.8 Å². The minimum absolute atomic E-state index is 0.0492. The molecule has 0 radical (unpaired) electrons. The van der Waals surface area contributed by atoms with Gasteiger partial charge in [-0.15, -0.1) is 5.10 Å². The van der Waals surface area contributed by atoms with Crippen LogP contribution in [0.3, 0.4) is 0 Å². The van der Waals surface area contributed by atoms with Crippen LogP contribution in [0.15, 0.2) is 48.5 Å². The summed E-state index contributed by atoms with van der Waals surface area (Å²) in [6, 6.07) is 16.2. The van der Waals surface area contributed by atoms with E-state index in [-0.39, 0.29) is 12.3 Å². The van der Waals surface area contributed by atoms with Gasteiger partial charge in [-0.25, -0.2) is 4.68 Å². The van der Waals surface area contributed by atoms with E-state index >= 15 is 0 Å². The molecule has 2 N–H and O–H groups in total. The lowest BCUT2D eigenvalue weighted by molar-refractivity contribution is -0.120. The number of nitrogens with one attached hydrogen (secondary N) is 2. The van der Waals surface area contributed by atoms with E-state index in [4.69, 9.17) is 0 Å². The zero-order valence-corrected chi connectivity index (χ0v) is 14.7. The first-order valence-electron chi connectivity index (χ1n) is 8.75. The Balaban J connectivity index is 1.39. The Morgan fingerprint density at radius 1 is 1.15 bits per heavy atom. The molecule has 1 amide bonds. The Bertz CT molecular complexity index is 933. The zero-order valence-electron chi connectivity index (χ0n) is 14.7. The molecule has 2 heterocycles. The Kier molecular flexibility index (Phi) is 4.50. The summed E-state index contributed by atoms with van der Waals surface area (Å²) in [5.74, 6) is -0.0492. The number of rotatable bonds is 5. The number of fused-ring (bicyclic) bond motifs is 1. The van der Waals surface area contributed by atoms with Gasteiger partial charge in [0.15, 0.2) is 0 Å². The van der Waals surface area contributed by atoms with Gasteiger partial charge in [-0.1, -0.05) is 41.6 Å². The minimum Gasteiger partial charge on any atom is -0.352 e. The summed E-state index contributed by atoms with van der Waals surface area (Å²) in [6.07, 6.45) is 0.227. The maximum atomic E-state index is 12.3. The number of hydrogen-bond donors (Lipinski definition) is 2. The molecule has 0 atom stereocenters. The molecule has 2 aromatic carbocycles. The maximum absolute atomic E-state index is 12.3. The van der Waals surface area contributed by atoms with Gasteiger partial charge in [0, 0.05) is 19.6 Å². The van der Waals surface area contributed by atoms with E-state index in [0.29, 0.717) is 12.2 Å². The van der Waals surface area contributed by atoms with E-state index in [1.807, 2.05) is 37.3 Å². The molecule has 132 valence electrons. The van der Waals surface area contributed by atoms with Crippen molar-refractivity contribution in [2.75, 3.05) is 0 Å². The average molecular weight is 347 g/mol. The summed E-state index contributed by atoms with van der Waals surface area (Å²) in [5, 5.41) is 14.7. The molecule has 0 saturated carbocycles. The first-order valence-corrected chi connectivity index (χ1v) is 8.75. The van der Waals surface area contributed by atoms with Crippen LogP contribution in [0.4, 0.5) is 0 Å². The number of para-hydroxylation sites is 1. The van der Waals surface area contributed by atoms with Crippen molar-refractivity contribution >= 4 is 5.91 Å². The van der Waals surface area contributed by atoms with E-state index in [9.17, 15) is 4.79 Å². The predicted molar refractivity (Wildman–Crippen MR) is 98.6 cm³/mol. The van der Waals surface area contributed by atoms with E-state index in [0.717, 1.165) is 30.0 Å². The Morgan fingerprint density at radius 2 is 1.96 bits per heavy atom. The van der Waals surface area contributed by atoms with Gasteiger partial charge < -0.3 is 10.6 Å². The highest BCUT2D eigenvalue weighted by molar-refractivity contribution is 5.78. The van der Waals surface area contributed by atoms with Crippen molar-refractivity contribution in [1.29, 1.82) is 0 Å². The normalized spacial score (nSPS) is 12.8. The van der Waals surface area contributed by atoms with E-state index in [1.54, 1.807) is 4.68 Å². The van der Waals surface area contributed by atoms with Crippen LogP contribution in [-0.4, -0.2) is 20.9 Å². The summed E-state index contributed by atoms with van der Waals surface area (Å²) in [4.78, 5) is 12.3. The number of aromatic nitrogens is 3. The van der Waals surface area contributed by atoms with Gasteiger partial charge in [-0.05, 0) is 35.7 Å². The van der Waals surface area contributed by atoms with Gasteiger partial charge >= 0.3 is 0 Å². The van der Waals surface area contributed by atoms with Crippen LogP contribution in [0.25, 0.3) is 5.69 Å². The zero-order chi connectivity index (χ0) is 17.9. The number of amides is 1. The number of carbonyl (C=O) groups excluding carboxylic acids is 1. The molecule has 0 bridgehead atoms. The fourth-order valence-corrected chi connectivity index (χ4v) is 3.21. The number of hydrogen-bond acceptors (Lipinski definition) is 4. The number of nitrogens with zero attached hydrogens (tertiary/aromatic N) is 3. The van der Waals surface area contributed by atoms with Crippen molar-refractivity contribution in [2.24, 2.45) is 0 Å². The fourth-order valence-electron chi connectivity index (χ4n) is 3.21. The summed E-state index contributed by atoms with van der Waals surface area (Å²) in [5.41, 5.74) is 6.30. The highest BCUT2D eigenvalue weighted by Crippen LogP contribution is 2.17. The third-order valence-electron chi connectivity index (χ3n) is 4.71. The second kappa shape index (κ2) is 7.09. The van der Waals surface area contributed by atoms with Crippen LogP contribution in [0.1, 0.15) is 28.1 Å². The summed E-state index contributed by atoms with van der Waals surface area (Å²) < 4.78 is 1.76. The number of carbonyl (C=O) groups is 1. The van der Waals surface area contributed by atoms with Gasteiger partial charge in [0.2, 0.25) is 5.91 Å². The second-order valence-electron chi connectivity index (χ2n) is 6.53. The lowest BCUT2D eigenvalue weighted by Gasteiger charge is -2.07. The van der Waals surface area contributed by atoms with E-state index < -0.39 is 0 Å². The van der Waals surface area contributed by atoms with Crippen molar-refractivity contribution in [3.05, 3.63) is 76.6 Å². The minimum atomic E-state index is -0.0492. The summed E-state index contributed by atoms with van der Waals surface area (Å²) in [6.45, 7) is 4.29. The molecule has 0 spiro atoms. The van der Waals surface area contributed by atoms with Gasteiger partial charge in [-0.3, -0.25) is 4.79 Å². The topological polar surface area (TPSA) is 71.8 Å². The molecule has 1 aromatic heterocycles. The molecular weight excluding hydrogens is 326 g/mol. The van der Waals surface area contributed by atoms with Crippen molar-refractivity contribution < 1.29 is 4.79 Å². The smallest absolute Gasteiger partial charge is 0.226 e. The lowest BCUT2D eigenvalue weighted by atomic mass is 10.1. The standard InChI is InChI=1S/C20H21N5O/c1-14-19(23-24-25(14)18-5-3-2-4-6-18)10-20(26)22-11-15-7-8-16-12-21-13-17(16)9-15/h2-9,21H,10-13H2,1H3,(H,22,26). The lowest BCUT2D eigenvalue weighted by Crippen LogP contribution is -2.25. The third kappa shape index (κ3) is 3.36. The summed E-state index contributed by atoms with van der Waals surface area (Å²) in [7, 11) is 0. The highest BCUT2D eigenvalue weighted by atomic mass is 16.1. The predicted octanol–water partition coefficient (Wildman–Crippen LogP) is 2.04. The molecule has 0 unspecified atom stereocenters. The highest BCUT2D eigenvalue weighted by Gasteiger charge is 2.14. The van der Waals surface area contributed by atoms with Crippen LogP contribution in [0.2, 0.25) is 0 Å². The number of benzene rings is 2. The third-order valence-corrected chi connectivity index (χ3v) is 4.71. The summed E-state index contributed by atoms with van der Waals surface area (Å²) >= 11 is 0. The molecule has 0 saturated heterocycles. The first-order chi connectivity index (χ1) is 12.7. The van der Waals surface area contributed by atoms with Gasteiger partial charge in [0.1, 0.15) is 0 Å². The van der Waals surface area contributed by atoms with E-state index in [2.05, 4.69) is 39.1 Å². The molecule has 6 nitrogen and oxygen atoms in total. The maximum Gasteiger partial charge on any atom is 0.226 e. The average Bonchev–Trinajstić information content (AvgIpc) is 3.27. The molecule has 0 fully saturated rings. The molecule has 6 heteroatoms. The molecule has 3 aromatic rings. The van der Waals surface area contributed by atoms with Crippen molar-refractivity contribution in [3.8, 4) is 5.69 Å². The second-order valence-corrected chi connectivity index (χ2v) is 6.53. The quantitative estimate of drug-likeness (QED) is 0.741. The Labute approximate surface area is 152 Å². The molecular formula is C20H21N5O. The largest absolute Gasteiger partial charge is 0.352 e. The van der Waals surface area contributed by atoms with Gasteiger partial charge in [0.25, 0.3) is 0 Å². The fraction of sp³-hybridized carbons (Fsp3) is 0.250.